The lowest BCUT2D eigenvalue weighted by atomic mass is 10.1. The topological polar surface area (TPSA) is 70.7 Å². The average molecular weight is 384 g/mol. The van der Waals surface area contributed by atoms with E-state index in [0.717, 1.165) is 23.0 Å². The summed E-state index contributed by atoms with van der Waals surface area (Å²) >= 11 is 3.36. The summed E-state index contributed by atoms with van der Waals surface area (Å²) in [6.45, 7) is 3.78. The number of carbonyl (C=O) groups excluding carboxylic acids is 2. The predicted molar refractivity (Wildman–Crippen MR) is 92.4 cm³/mol. The van der Waals surface area contributed by atoms with Gasteiger partial charge >= 0.3 is 6.09 Å². The number of halogens is 1. The van der Waals surface area contributed by atoms with Crippen LogP contribution in [0, 0.1) is 0 Å². The van der Waals surface area contributed by atoms with Crippen LogP contribution >= 0.6 is 15.9 Å². The first-order valence-corrected chi connectivity index (χ1v) is 8.58. The number of nitrogens with one attached hydrogen (secondary N) is 2. The zero-order valence-electron chi connectivity index (χ0n) is 13.2. The van der Waals surface area contributed by atoms with Gasteiger partial charge in [-0.1, -0.05) is 15.9 Å². The van der Waals surface area contributed by atoms with E-state index in [1.165, 1.54) is 0 Å². The van der Waals surface area contributed by atoms with Crippen molar-refractivity contribution in [3.8, 4) is 0 Å². The summed E-state index contributed by atoms with van der Waals surface area (Å²) in [5.41, 5.74) is 0.775. The Kier molecular flexibility index (Phi) is 6.85. The molecule has 0 spiro atoms. The number of amides is 2. The molecule has 7 heteroatoms. The molecule has 1 aromatic carbocycles. The maximum absolute atomic E-state index is 11.9. The Hall–Kier alpha value is -1.60. The Labute approximate surface area is 144 Å². The molecule has 0 unspecified atom stereocenters. The van der Waals surface area contributed by atoms with Crippen LogP contribution in [-0.2, 0) is 9.53 Å². The van der Waals surface area contributed by atoms with Gasteiger partial charge in [-0.3, -0.25) is 4.79 Å². The Morgan fingerprint density at radius 2 is 1.91 bits per heavy atom. The van der Waals surface area contributed by atoms with E-state index in [2.05, 4.69) is 26.6 Å². The van der Waals surface area contributed by atoms with Gasteiger partial charge in [0.1, 0.15) is 0 Å². The monoisotopic (exact) mass is 383 g/mol. The number of nitrogens with zero attached hydrogens (tertiary/aromatic N) is 1. The first-order chi connectivity index (χ1) is 11.1. The summed E-state index contributed by atoms with van der Waals surface area (Å²) in [5.74, 6) is -0.0693. The summed E-state index contributed by atoms with van der Waals surface area (Å²) in [6, 6.07) is 7.71. The third-order valence-electron chi connectivity index (χ3n) is 3.70. The van der Waals surface area contributed by atoms with E-state index < -0.39 is 0 Å². The Morgan fingerprint density at radius 3 is 2.52 bits per heavy atom. The zero-order chi connectivity index (χ0) is 16.7. The standard InChI is InChI=1S/C16H22BrN3O3/c1-2-23-16(22)20-9-7-13(8-10-20)18-11-15(21)19-14-5-3-12(17)4-6-14/h3-6,13,18H,2,7-11H2,1H3,(H,19,21). The number of hydrogen-bond acceptors (Lipinski definition) is 4. The molecule has 0 atom stereocenters. The van der Waals surface area contributed by atoms with Gasteiger partial charge in [0.2, 0.25) is 5.91 Å². The molecule has 0 radical (unpaired) electrons. The molecule has 2 rings (SSSR count). The van der Waals surface area contributed by atoms with E-state index in [9.17, 15) is 9.59 Å². The SMILES string of the molecule is CCOC(=O)N1CCC(NCC(=O)Nc2ccc(Br)cc2)CC1. The van der Waals surface area contributed by atoms with Crippen LogP contribution in [0.1, 0.15) is 19.8 Å². The van der Waals surface area contributed by atoms with Crippen molar-refractivity contribution in [1.82, 2.24) is 10.2 Å². The number of benzene rings is 1. The molecule has 1 heterocycles. The second-order valence-corrected chi connectivity index (χ2v) is 6.31. The highest BCUT2D eigenvalue weighted by atomic mass is 79.9. The van der Waals surface area contributed by atoms with Gasteiger partial charge in [0.05, 0.1) is 13.2 Å². The number of rotatable bonds is 5. The van der Waals surface area contributed by atoms with Crippen molar-refractivity contribution in [2.24, 2.45) is 0 Å². The van der Waals surface area contributed by atoms with E-state index in [1.54, 1.807) is 11.8 Å². The molecule has 1 fully saturated rings. The van der Waals surface area contributed by atoms with E-state index in [0.29, 0.717) is 19.7 Å². The summed E-state index contributed by atoms with van der Waals surface area (Å²) < 4.78 is 5.96. The summed E-state index contributed by atoms with van der Waals surface area (Å²) in [7, 11) is 0. The largest absolute Gasteiger partial charge is 0.450 e. The van der Waals surface area contributed by atoms with Gasteiger partial charge in [-0.15, -0.1) is 0 Å². The molecule has 6 nitrogen and oxygen atoms in total. The van der Waals surface area contributed by atoms with Crippen LogP contribution in [0.4, 0.5) is 10.5 Å². The number of piperidine rings is 1. The molecule has 1 saturated heterocycles. The minimum atomic E-state index is -0.251. The van der Waals surface area contributed by atoms with E-state index in [1.807, 2.05) is 24.3 Å². The lowest BCUT2D eigenvalue weighted by Gasteiger charge is -2.31. The van der Waals surface area contributed by atoms with Crippen molar-refractivity contribution in [3.05, 3.63) is 28.7 Å². The van der Waals surface area contributed by atoms with E-state index in [4.69, 9.17) is 4.74 Å². The maximum Gasteiger partial charge on any atom is 0.409 e. The molecular weight excluding hydrogens is 362 g/mol. The molecular formula is C16H22BrN3O3. The Morgan fingerprint density at radius 1 is 1.26 bits per heavy atom. The number of carbonyl (C=O) groups is 2. The molecule has 23 heavy (non-hydrogen) atoms. The predicted octanol–water partition coefficient (Wildman–Crippen LogP) is 2.60. The maximum atomic E-state index is 11.9. The molecule has 0 aliphatic carbocycles. The normalized spacial score (nSPS) is 15.3. The van der Waals surface area contributed by atoms with Gasteiger partial charge in [-0.05, 0) is 44.0 Å². The van der Waals surface area contributed by atoms with Crippen LogP contribution in [0.5, 0.6) is 0 Å². The van der Waals surface area contributed by atoms with Crippen LogP contribution in [0.2, 0.25) is 0 Å². The third-order valence-corrected chi connectivity index (χ3v) is 4.23. The van der Waals surface area contributed by atoms with Crippen LogP contribution in [0.25, 0.3) is 0 Å². The minimum absolute atomic E-state index is 0.0693. The summed E-state index contributed by atoms with van der Waals surface area (Å²) in [6.07, 6.45) is 1.40. The van der Waals surface area contributed by atoms with E-state index >= 15 is 0 Å². The fraction of sp³-hybridized carbons (Fsp3) is 0.500. The van der Waals surface area contributed by atoms with Crippen molar-refractivity contribution < 1.29 is 14.3 Å². The van der Waals surface area contributed by atoms with Crippen LogP contribution in [0.3, 0.4) is 0 Å². The third kappa shape index (κ3) is 5.84. The molecule has 1 aliphatic heterocycles. The smallest absolute Gasteiger partial charge is 0.409 e. The number of hydrogen-bond donors (Lipinski definition) is 2. The van der Waals surface area contributed by atoms with Gasteiger partial charge in [0.25, 0.3) is 0 Å². The van der Waals surface area contributed by atoms with Gasteiger partial charge in [0.15, 0.2) is 0 Å². The van der Waals surface area contributed by atoms with Crippen molar-refractivity contribution in [2.45, 2.75) is 25.8 Å². The summed E-state index contributed by atoms with van der Waals surface area (Å²) in [5, 5.41) is 6.09. The van der Waals surface area contributed by atoms with Crippen molar-refractivity contribution in [3.63, 3.8) is 0 Å². The fourth-order valence-electron chi connectivity index (χ4n) is 2.46. The average Bonchev–Trinajstić information content (AvgIpc) is 2.56. The quantitative estimate of drug-likeness (QED) is 0.819. The number of anilines is 1. The van der Waals surface area contributed by atoms with Gasteiger partial charge in [0, 0.05) is 29.3 Å². The lowest BCUT2D eigenvalue weighted by molar-refractivity contribution is -0.115. The molecule has 1 aromatic rings. The van der Waals surface area contributed by atoms with Crippen LogP contribution < -0.4 is 10.6 Å². The first kappa shape index (κ1) is 17.7. The van der Waals surface area contributed by atoms with E-state index in [-0.39, 0.29) is 24.6 Å². The molecule has 126 valence electrons. The van der Waals surface area contributed by atoms with Gasteiger partial charge in [-0.2, -0.15) is 0 Å². The van der Waals surface area contributed by atoms with Crippen molar-refractivity contribution in [1.29, 1.82) is 0 Å². The minimum Gasteiger partial charge on any atom is -0.450 e. The number of ether oxygens (including phenoxy) is 1. The van der Waals surface area contributed by atoms with Crippen molar-refractivity contribution in [2.75, 3.05) is 31.6 Å². The highest BCUT2D eigenvalue weighted by Crippen LogP contribution is 2.14. The molecule has 2 amide bonds. The molecule has 2 N–H and O–H groups in total. The number of likely N-dealkylation sites (tertiary alicyclic amines) is 1. The molecule has 1 aliphatic rings. The van der Waals surface area contributed by atoms with Gasteiger partial charge in [-0.25, -0.2) is 4.79 Å². The fourth-order valence-corrected chi connectivity index (χ4v) is 2.72. The lowest BCUT2D eigenvalue weighted by Crippen LogP contribution is -2.46. The summed E-state index contributed by atoms with van der Waals surface area (Å²) in [4.78, 5) is 25.3. The molecule has 0 aromatic heterocycles. The first-order valence-electron chi connectivity index (χ1n) is 7.79. The van der Waals surface area contributed by atoms with Crippen molar-refractivity contribution >= 4 is 33.6 Å². The van der Waals surface area contributed by atoms with Crippen LogP contribution in [0.15, 0.2) is 28.7 Å². The second-order valence-electron chi connectivity index (χ2n) is 5.40. The Balaban J connectivity index is 1.67. The van der Waals surface area contributed by atoms with Crippen LogP contribution in [-0.4, -0.2) is 49.2 Å². The zero-order valence-corrected chi connectivity index (χ0v) is 14.8. The second kappa shape index (κ2) is 8.88. The van der Waals surface area contributed by atoms with Gasteiger partial charge < -0.3 is 20.3 Å². The Bertz CT molecular complexity index is 528. The highest BCUT2D eigenvalue weighted by molar-refractivity contribution is 9.10. The highest BCUT2D eigenvalue weighted by Gasteiger charge is 2.23. The molecule has 0 saturated carbocycles. The molecule has 0 bridgehead atoms.